The number of nitrogens with zero attached hydrogens (tertiary/aromatic N) is 5. The number of nitriles is 1. The molecule has 2 aliphatic rings. The molecule has 0 N–H and O–H groups in total. The van der Waals surface area contributed by atoms with Gasteiger partial charge in [0.05, 0.1) is 12.2 Å². The number of rotatable bonds is 2. The van der Waals surface area contributed by atoms with E-state index in [1.807, 2.05) is 10.7 Å². The van der Waals surface area contributed by atoms with Crippen LogP contribution in [0.25, 0.3) is 0 Å². The van der Waals surface area contributed by atoms with Gasteiger partial charge in [0, 0.05) is 37.9 Å². The monoisotopic (exact) mass is 293 g/mol. The smallest absolute Gasteiger partial charge is 0.162 e. The molecule has 0 saturated carbocycles. The Kier molecular flexibility index (Phi) is 3.32. The fourth-order valence-electron chi connectivity index (χ4n) is 3.57. The van der Waals surface area contributed by atoms with Crippen LogP contribution >= 0.6 is 0 Å². The second-order valence-corrected chi connectivity index (χ2v) is 6.05. The fraction of sp³-hybridized carbons (Fsp3) is 0.412. The van der Waals surface area contributed by atoms with E-state index < -0.39 is 0 Å². The van der Waals surface area contributed by atoms with E-state index >= 15 is 0 Å². The molecule has 1 aromatic carbocycles. The number of benzene rings is 1. The van der Waals surface area contributed by atoms with Gasteiger partial charge < -0.3 is 4.90 Å². The molecule has 22 heavy (non-hydrogen) atoms. The summed E-state index contributed by atoms with van der Waals surface area (Å²) in [6, 6.07) is 15.3. The molecule has 0 aliphatic carbocycles. The zero-order valence-corrected chi connectivity index (χ0v) is 12.5. The minimum Gasteiger partial charge on any atom is -0.370 e. The molecule has 1 saturated heterocycles. The first kappa shape index (κ1) is 13.4. The van der Waals surface area contributed by atoms with Gasteiger partial charge in [-0.25, -0.2) is 0 Å². The summed E-state index contributed by atoms with van der Waals surface area (Å²) < 4.78 is 1.99. The van der Waals surface area contributed by atoms with Crippen LogP contribution in [0.15, 0.2) is 36.4 Å². The van der Waals surface area contributed by atoms with Crippen molar-refractivity contribution in [2.24, 2.45) is 0 Å². The van der Waals surface area contributed by atoms with Crippen molar-refractivity contribution in [2.75, 3.05) is 24.5 Å². The molecule has 2 aromatic rings. The molecule has 5 nitrogen and oxygen atoms in total. The normalized spacial score (nSPS) is 21.6. The third-order valence-corrected chi connectivity index (χ3v) is 4.74. The van der Waals surface area contributed by atoms with Crippen molar-refractivity contribution in [1.82, 2.24) is 14.7 Å². The Labute approximate surface area is 130 Å². The largest absolute Gasteiger partial charge is 0.370 e. The second kappa shape index (κ2) is 5.47. The van der Waals surface area contributed by atoms with Gasteiger partial charge in [0.15, 0.2) is 5.69 Å². The van der Waals surface area contributed by atoms with E-state index in [9.17, 15) is 0 Å². The molecule has 1 atom stereocenters. The third kappa shape index (κ3) is 2.36. The highest BCUT2D eigenvalue weighted by Crippen LogP contribution is 2.25. The van der Waals surface area contributed by atoms with Crippen LogP contribution in [0.4, 0.5) is 5.69 Å². The molecule has 0 radical (unpaired) electrons. The summed E-state index contributed by atoms with van der Waals surface area (Å²) in [5.74, 6) is 0. The van der Waals surface area contributed by atoms with Gasteiger partial charge in [-0.2, -0.15) is 10.4 Å². The maximum Gasteiger partial charge on any atom is 0.162 e. The van der Waals surface area contributed by atoms with Crippen LogP contribution in [0.3, 0.4) is 0 Å². The van der Waals surface area contributed by atoms with Crippen LogP contribution in [-0.4, -0.2) is 40.4 Å². The van der Waals surface area contributed by atoms with Crippen molar-refractivity contribution in [3.63, 3.8) is 0 Å². The van der Waals surface area contributed by atoms with Gasteiger partial charge >= 0.3 is 0 Å². The average molecular weight is 293 g/mol. The van der Waals surface area contributed by atoms with Gasteiger partial charge in [-0.15, -0.1) is 0 Å². The number of aromatic nitrogens is 2. The van der Waals surface area contributed by atoms with E-state index in [1.165, 1.54) is 17.8 Å². The molecule has 2 aliphatic heterocycles. The van der Waals surface area contributed by atoms with Gasteiger partial charge in [-0.05, 0) is 24.6 Å². The molecular weight excluding hydrogens is 274 g/mol. The summed E-state index contributed by atoms with van der Waals surface area (Å²) in [6.07, 6.45) is 1.20. The first-order valence-corrected chi connectivity index (χ1v) is 7.84. The zero-order chi connectivity index (χ0) is 14.9. The number of fused-ring (bicyclic) bond motifs is 1. The summed E-state index contributed by atoms with van der Waals surface area (Å²) in [5.41, 5.74) is 3.02. The summed E-state index contributed by atoms with van der Waals surface area (Å²) >= 11 is 0. The fourth-order valence-corrected chi connectivity index (χ4v) is 3.57. The minimum atomic E-state index is 0.536. The van der Waals surface area contributed by atoms with Gasteiger partial charge in [-0.1, -0.05) is 18.2 Å². The Balaban J connectivity index is 1.45. The van der Waals surface area contributed by atoms with Gasteiger partial charge in [-0.3, -0.25) is 9.58 Å². The van der Waals surface area contributed by atoms with E-state index in [-0.39, 0.29) is 0 Å². The van der Waals surface area contributed by atoms with Crippen molar-refractivity contribution in [3.05, 3.63) is 47.8 Å². The number of para-hydroxylation sites is 1. The second-order valence-electron chi connectivity index (χ2n) is 6.05. The van der Waals surface area contributed by atoms with E-state index in [4.69, 9.17) is 5.26 Å². The molecule has 0 bridgehead atoms. The molecule has 0 spiro atoms. The summed E-state index contributed by atoms with van der Waals surface area (Å²) in [7, 11) is 0. The van der Waals surface area contributed by atoms with Gasteiger partial charge in [0.1, 0.15) is 6.07 Å². The van der Waals surface area contributed by atoms with Crippen LogP contribution in [0.1, 0.15) is 17.8 Å². The lowest BCUT2D eigenvalue weighted by Gasteiger charge is -2.32. The van der Waals surface area contributed by atoms with Crippen molar-refractivity contribution in [1.29, 1.82) is 5.26 Å². The van der Waals surface area contributed by atoms with Crippen molar-refractivity contribution >= 4 is 5.69 Å². The molecular formula is C17H19N5. The van der Waals surface area contributed by atoms with E-state index in [1.54, 1.807) is 0 Å². The van der Waals surface area contributed by atoms with Crippen molar-refractivity contribution in [2.45, 2.75) is 25.6 Å². The Bertz CT molecular complexity index is 700. The Morgan fingerprint density at radius 1 is 1.14 bits per heavy atom. The predicted molar refractivity (Wildman–Crippen MR) is 84.4 cm³/mol. The van der Waals surface area contributed by atoms with Crippen LogP contribution in [-0.2, 0) is 13.1 Å². The molecule has 112 valence electrons. The lowest BCUT2D eigenvalue weighted by molar-refractivity contribution is 0.161. The summed E-state index contributed by atoms with van der Waals surface area (Å²) in [6.45, 7) is 5.02. The lowest BCUT2D eigenvalue weighted by atomic mass is 10.2. The minimum absolute atomic E-state index is 0.536. The zero-order valence-electron chi connectivity index (χ0n) is 12.5. The lowest BCUT2D eigenvalue weighted by Crippen LogP contribution is -2.42. The quantitative estimate of drug-likeness (QED) is 0.848. The van der Waals surface area contributed by atoms with Crippen molar-refractivity contribution in [3.8, 4) is 6.07 Å². The first-order chi connectivity index (χ1) is 10.8. The van der Waals surface area contributed by atoms with Gasteiger partial charge in [0.2, 0.25) is 0 Å². The molecule has 1 fully saturated rings. The molecule has 4 rings (SSSR count). The Hall–Kier alpha value is -2.32. The molecule has 3 heterocycles. The number of anilines is 1. The predicted octanol–water partition coefficient (Wildman–Crippen LogP) is 1.85. The van der Waals surface area contributed by atoms with Crippen LogP contribution < -0.4 is 4.90 Å². The molecule has 0 amide bonds. The maximum atomic E-state index is 8.98. The standard InChI is InChI=1S/C17H19N5/c18-11-14-10-17-13-21(8-9-22(17)19-14)16-6-7-20(12-16)15-4-2-1-3-5-15/h1-5,10,16H,6-9,12-13H2. The van der Waals surface area contributed by atoms with Crippen LogP contribution in [0.5, 0.6) is 0 Å². The Morgan fingerprint density at radius 3 is 2.82 bits per heavy atom. The van der Waals surface area contributed by atoms with Crippen molar-refractivity contribution < 1.29 is 0 Å². The Morgan fingerprint density at radius 2 is 2.00 bits per heavy atom. The molecule has 1 aromatic heterocycles. The topological polar surface area (TPSA) is 48.1 Å². The highest BCUT2D eigenvalue weighted by Gasteiger charge is 2.30. The first-order valence-electron chi connectivity index (χ1n) is 7.84. The highest BCUT2D eigenvalue weighted by atomic mass is 15.4. The SMILES string of the molecule is N#Cc1cc2n(n1)CCN(C1CCN(c3ccccc3)C1)C2. The average Bonchev–Trinajstić information content (AvgIpc) is 3.21. The van der Waals surface area contributed by atoms with Gasteiger partial charge in [0.25, 0.3) is 0 Å². The molecule has 5 heteroatoms. The number of hydrogen-bond acceptors (Lipinski definition) is 4. The van der Waals surface area contributed by atoms with E-state index in [2.05, 4.69) is 51.3 Å². The number of hydrogen-bond donors (Lipinski definition) is 0. The van der Waals surface area contributed by atoms with Crippen LogP contribution in [0, 0.1) is 11.3 Å². The van der Waals surface area contributed by atoms with Crippen LogP contribution in [0.2, 0.25) is 0 Å². The molecule has 1 unspecified atom stereocenters. The van der Waals surface area contributed by atoms with E-state index in [0.717, 1.165) is 32.7 Å². The highest BCUT2D eigenvalue weighted by molar-refractivity contribution is 5.47. The van der Waals surface area contributed by atoms with E-state index in [0.29, 0.717) is 11.7 Å². The summed E-state index contributed by atoms with van der Waals surface area (Å²) in [4.78, 5) is 5.01. The third-order valence-electron chi connectivity index (χ3n) is 4.74. The summed E-state index contributed by atoms with van der Waals surface area (Å²) in [5, 5.41) is 13.3. The maximum absolute atomic E-state index is 8.98.